The molecule has 0 spiro atoms. The van der Waals surface area contributed by atoms with Crippen molar-refractivity contribution in [2.45, 2.75) is 12.2 Å². The van der Waals surface area contributed by atoms with Gasteiger partial charge in [-0.2, -0.15) is 17.0 Å². The van der Waals surface area contributed by atoms with Crippen LogP contribution in [0.5, 0.6) is 0 Å². The summed E-state index contributed by atoms with van der Waals surface area (Å²) in [4.78, 5) is 4.11. The SMILES string of the molecule is CSC(C)CNc1ncccc1C#N. The van der Waals surface area contributed by atoms with Crippen LogP contribution in [-0.2, 0) is 0 Å². The Labute approximate surface area is 88.5 Å². The minimum atomic E-state index is 0.517. The van der Waals surface area contributed by atoms with Gasteiger partial charge < -0.3 is 5.32 Å². The second kappa shape index (κ2) is 5.51. The number of anilines is 1. The Hall–Kier alpha value is -1.21. The summed E-state index contributed by atoms with van der Waals surface area (Å²) in [7, 11) is 0. The van der Waals surface area contributed by atoms with E-state index in [1.54, 1.807) is 30.1 Å². The topological polar surface area (TPSA) is 48.7 Å². The monoisotopic (exact) mass is 207 g/mol. The van der Waals surface area contributed by atoms with Gasteiger partial charge in [-0.1, -0.05) is 6.92 Å². The van der Waals surface area contributed by atoms with Gasteiger partial charge in [-0.3, -0.25) is 0 Å². The van der Waals surface area contributed by atoms with Crippen LogP contribution < -0.4 is 5.32 Å². The number of nitriles is 1. The first kappa shape index (κ1) is 10.9. The number of nitrogens with zero attached hydrogens (tertiary/aromatic N) is 2. The summed E-state index contributed by atoms with van der Waals surface area (Å²) in [5, 5.41) is 12.5. The van der Waals surface area contributed by atoms with E-state index in [0.29, 0.717) is 16.6 Å². The predicted octanol–water partition coefficient (Wildman–Crippen LogP) is 2.12. The molecule has 0 bridgehead atoms. The van der Waals surface area contributed by atoms with E-state index in [9.17, 15) is 0 Å². The van der Waals surface area contributed by atoms with E-state index in [4.69, 9.17) is 5.26 Å². The molecule has 1 aromatic heterocycles. The molecule has 0 amide bonds. The standard InChI is InChI=1S/C10H13N3S/c1-8(14-2)7-13-10-9(6-11)4-3-5-12-10/h3-5,8H,7H2,1-2H3,(H,12,13). The molecule has 14 heavy (non-hydrogen) atoms. The number of thioether (sulfide) groups is 1. The van der Waals surface area contributed by atoms with E-state index in [1.165, 1.54) is 0 Å². The van der Waals surface area contributed by atoms with Crippen molar-refractivity contribution >= 4 is 17.6 Å². The first-order chi connectivity index (χ1) is 6.77. The van der Waals surface area contributed by atoms with E-state index >= 15 is 0 Å². The van der Waals surface area contributed by atoms with Crippen molar-refractivity contribution in [2.24, 2.45) is 0 Å². The van der Waals surface area contributed by atoms with Gasteiger partial charge in [-0.25, -0.2) is 4.98 Å². The maximum Gasteiger partial charge on any atom is 0.143 e. The quantitative estimate of drug-likeness (QED) is 0.821. The molecule has 3 nitrogen and oxygen atoms in total. The Balaban J connectivity index is 2.63. The van der Waals surface area contributed by atoms with Crippen LogP contribution in [0.2, 0.25) is 0 Å². The number of nitrogens with one attached hydrogen (secondary N) is 1. The zero-order valence-electron chi connectivity index (χ0n) is 8.32. The first-order valence-corrected chi connectivity index (χ1v) is 5.68. The highest BCUT2D eigenvalue weighted by Gasteiger charge is 2.03. The molecule has 1 atom stereocenters. The minimum Gasteiger partial charge on any atom is -0.368 e. The van der Waals surface area contributed by atoms with Crippen molar-refractivity contribution in [3.8, 4) is 6.07 Å². The molecule has 4 heteroatoms. The highest BCUT2D eigenvalue weighted by molar-refractivity contribution is 7.99. The lowest BCUT2D eigenvalue weighted by Gasteiger charge is -2.10. The average molecular weight is 207 g/mol. The summed E-state index contributed by atoms with van der Waals surface area (Å²) < 4.78 is 0. The van der Waals surface area contributed by atoms with Gasteiger partial charge in [-0.05, 0) is 18.4 Å². The maximum atomic E-state index is 8.81. The maximum absolute atomic E-state index is 8.81. The second-order valence-electron chi connectivity index (χ2n) is 2.94. The lowest BCUT2D eigenvalue weighted by Crippen LogP contribution is -2.14. The summed E-state index contributed by atoms with van der Waals surface area (Å²) in [6, 6.07) is 5.63. The third kappa shape index (κ3) is 2.93. The van der Waals surface area contributed by atoms with Crippen molar-refractivity contribution < 1.29 is 0 Å². The molecule has 0 aromatic carbocycles. The molecule has 1 N–H and O–H groups in total. The summed E-state index contributed by atoms with van der Waals surface area (Å²) >= 11 is 1.78. The van der Waals surface area contributed by atoms with E-state index < -0.39 is 0 Å². The highest BCUT2D eigenvalue weighted by Crippen LogP contribution is 2.11. The summed E-state index contributed by atoms with van der Waals surface area (Å²) in [5.41, 5.74) is 0.598. The van der Waals surface area contributed by atoms with Crippen molar-refractivity contribution in [3.63, 3.8) is 0 Å². The molecule has 0 radical (unpaired) electrons. The minimum absolute atomic E-state index is 0.517. The Morgan fingerprint density at radius 1 is 1.71 bits per heavy atom. The number of aromatic nitrogens is 1. The summed E-state index contributed by atoms with van der Waals surface area (Å²) in [6.07, 6.45) is 3.75. The molecule has 1 aromatic rings. The molecule has 0 aliphatic heterocycles. The Bertz CT molecular complexity index is 332. The van der Waals surface area contributed by atoms with Crippen molar-refractivity contribution in [1.82, 2.24) is 4.98 Å². The zero-order chi connectivity index (χ0) is 10.4. The van der Waals surface area contributed by atoms with Gasteiger partial charge in [-0.15, -0.1) is 0 Å². The summed E-state index contributed by atoms with van der Waals surface area (Å²) in [6.45, 7) is 2.96. The molecule has 1 rings (SSSR count). The van der Waals surface area contributed by atoms with Crippen LogP contribution in [0.15, 0.2) is 18.3 Å². The number of rotatable bonds is 4. The van der Waals surface area contributed by atoms with Gasteiger partial charge in [0, 0.05) is 18.0 Å². The molecule has 0 fully saturated rings. The molecule has 1 unspecified atom stereocenters. The highest BCUT2D eigenvalue weighted by atomic mass is 32.2. The van der Waals surface area contributed by atoms with Crippen LogP contribution in [0.25, 0.3) is 0 Å². The van der Waals surface area contributed by atoms with Gasteiger partial charge in [0.05, 0.1) is 5.56 Å². The van der Waals surface area contributed by atoms with Crippen LogP contribution in [0.4, 0.5) is 5.82 Å². The first-order valence-electron chi connectivity index (χ1n) is 4.39. The third-order valence-corrected chi connectivity index (χ3v) is 2.86. The van der Waals surface area contributed by atoms with Crippen molar-refractivity contribution in [1.29, 1.82) is 5.26 Å². The van der Waals surface area contributed by atoms with Gasteiger partial charge in [0.25, 0.3) is 0 Å². The van der Waals surface area contributed by atoms with E-state index in [0.717, 1.165) is 6.54 Å². The fourth-order valence-electron chi connectivity index (χ4n) is 0.960. The normalized spacial score (nSPS) is 11.8. The number of hydrogen-bond acceptors (Lipinski definition) is 4. The van der Waals surface area contributed by atoms with E-state index in [1.807, 2.05) is 0 Å². The molecule has 0 aliphatic carbocycles. The summed E-state index contributed by atoms with van der Waals surface area (Å²) in [5.74, 6) is 0.677. The van der Waals surface area contributed by atoms with Crippen molar-refractivity contribution in [2.75, 3.05) is 18.1 Å². The Morgan fingerprint density at radius 3 is 3.14 bits per heavy atom. The lowest BCUT2D eigenvalue weighted by atomic mass is 10.3. The fourth-order valence-corrected chi connectivity index (χ4v) is 1.21. The lowest BCUT2D eigenvalue weighted by molar-refractivity contribution is 0.990. The second-order valence-corrected chi connectivity index (χ2v) is 4.21. The number of pyridine rings is 1. The Kier molecular flexibility index (Phi) is 4.27. The van der Waals surface area contributed by atoms with Crippen LogP contribution in [0.1, 0.15) is 12.5 Å². The molecule has 0 aliphatic rings. The van der Waals surface area contributed by atoms with Crippen molar-refractivity contribution in [3.05, 3.63) is 23.9 Å². The van der Waals surface area contributed by atoms with E-state index in [-0.39, 0.29) is 0 Å². The molecular weight excluding hydrogens is 194 g/mol. The van der Waals surface area contributed by atoms with Gasteiger partial charge in [0.15, 0.2) is 0 Å². The number of hydrogen-bond donors (Lipinski definition) is 1. The third-order valence-electron chi connectivity index (χ3n) is 1.89. The predicted molar refractivity (Wildman–Crippen MR) is 60.4 cm³/mol. The van der Waals surface area contributed by atoms with Gasteiger partial charge in [0.2, 0.25) is 0 Å². The largest absolute Gasteiger partial charge is 0.368 e. The smallest absolute Gasteiger partial charge is 0.143 e. The molecule has 0 saturated carbocycles. The Morgan fingerprint density at radius 2 is 2.50 bits per heavy atom. The zero-order valence-corrected chi connectivity index (χ0v) is 9.14. The molecule has 1 heterocycles. The molecular formula is C10H13N3S. The molecule has 74 valence electrons. The average Bonchev–Trinajstić information content (AvgIpc) is 2.26. The van der Waals surface area contributed by atoms with E-state index in [2.05, 4.69) is 29.5 Å². The fraction of sp³-hybridized carbons (Fsp3) is 0.400. The van der Waals surface area contributed by atoms with Gasteiger partial charge >= 0.3 is 0 Å². The van der Waals surface area contributed by atoms with Gasteiger partial charge in [0.1, 0.15) is 11.9 Å². The molecule has 0 saturated heterocycles. The van der Waals surface area contributed by atoms with Crippen LogP contribution in [0, 0.1) is 11.3 Å². The van der Waals surface area contributed by atoms with Crippen LogP contribution >= 0.6 is 11.8 Å². The van der Waals surface area contributed by atoms with Crippen LogP contribution in [0.3, 0.4) is 0 Å². The van der Waals surface area contributed by atoms with Crippen LogP contribution in [-0.4, -0.2) is 23.0 Å².